The molecule has 1 aromatic carbocycles. The molecule has 0 bridgehead atoms. The highest BCUT2D eigenvalue weighted by Gasteiger charge is 2.01. The fourth-order valence-electron chi connectivity index (χ4n) is 1.01. The van der Waals surface area contributed by atoms with Gasteiger partial charge < -0.3 is 15.2 Å². The molecule has 16 heavy (non-hydrogen) atoms. The molecule has 6 nitrogen and oxygen atoms in total. The van der Waals surface area contributed by atoms with E-state index in [-0.39, 0.29) is 6.61 Å². The largest absolute Gasteiger partial charge is 0.453 e. The average molecular weight is 224 g/mol. The van der Waals surface area contributed by atoms with Crippen LogP contribution in [-0.2, 0) is 16.1 Å². The van der Waals surface area contributed by atoms with Gasteiger partial charge in [-0.2, -0.15) is 0 Å². The topological polar surface area (TPSA) is 90.7 Å². The number of hydrogen-bond acceptors (Lipinski definition) is 4. The SMILES string of the molecule is COC(=O)Nc1ccc(COC(N)=O)cc1. The molecule has 0 aromatic heterocycles. The van der Waals surface area contributed by atoms with E-state index in [2.05, 4.69) is 14.8 Å². The molecule has 0 radical (unpaired) electrons. The van der Waals surface area contributed by atoms with Crippen LogP contribution in [0.3, 0.4) is 0 Å². The van der Waals surface area contributed by atoms with Crippen molar-refractivity contribution < 1.29 is 19.1 Å². The minimum atomic E-state index is -0.822. The van der Waals surface area contributed by atoms with Crippen LogP contribution in [-0.4, -0.2) is 19.3 Å². The van der Waals surface area contributed by atoms with Crippen molar-refractivity contribution in [3.8, 4) is 0 Å². The van der Waals surface area contributed by atoms with Crippen LogP contribution in [0.1, 0.15) is 5.56 Å². The zero-order valence-corrected chi connectivity index (χ0v) is 8.73. The van der Waals surface area contributed by atoms with Crippen LogP contribution in [0.4, 0.5) is 15.3 Å². The Hall–Kier alpha value is -2.24. The number of hydrogen-bond donors (Lipinski definition) is 2. The number of benzene rings is 1. The second-order valence-electron chi connectivity index (χ2n) is 2.92. The van der Waals surface area contributed by atoms with E-state index in [0.29, 0.717) is 5.69 Å². The molecule has 0 spiro atoms. The minimum Gasteiger partial charge on any atom is -0.453 e. The number of primary amides is 1. The first-order chi connectivity index (χ1) is 7.61. The Morgan fingerprint density at radius 3 is 2.44 bits per heavy atom. The van der Waals surface area contributed by atoms with E-state index >= 15 is 0 Å². The van der Waals surface area contributed by atoms with Crippen LogP contribution in [0.5, 0.6) is 0 Å². The van der Waals surface area contributed by atoms with Crippen LogP contribution >= 0.6 is 0 Å². The maximum absolute atomic E-state index is 10.9. The van der Waals surface area contributed by atoms with Crippen molar-refractivity contribution in [2.45, 2.75) is 6.61 Å². The smallest absolute Gasteiger partial charge is 0.411 e. The highest BCUT2D eigenvalue weighted by molar-refractivity contribution is 5.84. The lowest BCUT2D eigenvalue weighted by Crippen LogP contribution is -2.13. The third kappa shape index (κ3) is 3.87. The van der Waals surface area contributed by atoms with Crippen LogP contribution in [0.15, 0.2) is 24.3 Å². The fourth-order valence-corrected chi connectivity index (χ4v) is 1.01. The number of nitrogens with two attached hydrogens (primary N) is 1. The maximum atomic E-state index is 10.9. The molecule has 0 saturated carbocycles. The van der Waals surface area contributed by atoms with E-state index in [1.165, 1.54) is 7.11 Å². The third-order valence-electron chi connectivity index (χ3n) is 1.77. The van der Waals surface area contributed by atoms with Gasteiger partial charge in [0.1, 0.15) is 6.61 Å². The molecule has 0 aliphatic heterocycles. The average Bonchev–Trinajstić information content (AvgIpc) is 2.28. The van der Waals surface area contributed by atoms with Gasteiger partial charge in [-0.05, 0) is 17.7 Å². The van der Waals surface area contributed by atoms with Crippen LogP contribution < -0.4 is 11.1 Å². The molecule has 0 heterocycles. The number of nitrogens with one attached hydrogen (secondary N) is 1. The second kappa shape index (κ2) is 5.59. The van der Waals surface area contributed by atoms with Crippen LogP contribution in [0.2, 0.25) is 0 Å². The highest BCUT2D eigenvalue weighted by Crippen LogP contribution is 2.10. The summed E-state index contributed by atoms with van der Waals surface area (Å²) >= 11 is 0. The normalized spacial score (nSPS) is 9.31. The maximum Gasteiger partial charge on any atom is 0.411 e. The van der Waals surface area contributed by atoms with Crippen molar-refractivity contribution in [2.75, 3.05) is 12.4 Å². The first-order valence-corrected chi connectivity index (χ1v) is 4.48. The summed E-state index contributed by atoms with van der Waals surface area (Å²) in [6, 6.07) is 6.73. The van der Waals surface area contributed by atoms with Crippen molar-refractivity contribution in [1.82, 2.24) is 0 Å². The molecule has 1 rings (SSSR count). The highest BCUT2D eigenvalue weighted by atomic mass is 16.5. The summed E-state index contributed by atoms with van der Waals surface area (Å²) in [4.78, 5) is 21.2. The lowest BCUT2D eigenvalue weighted by Gasteiger charge is -2.05. The van der Waals surface area contributed by atoms with E-state index in [0.717, 1.165) is 5.56 Å². The van der Waals surface area contributed by atoms with Gasteiger partial charge in [-0.1, -0.05) is 12.1 Å². The first kappa shape index (κ1) is 11.8. The summed E-state index contributed by atoms with van der Waals surface area (Å²) in [5.74, 6) is 0. The van der Waals surface area contributed by atoms with E-state index in [9.17, 15) is 9.59 Å². The molecule has 0 atom stereocenters. The molecule has 86 valence electrons. The first-order valence-electron chi connectivity index (χ1n) is 4.48. The van der Waals surface area contributed by atoms with Crippen molar-refractivity contribution in [2.24, 2.45) is 5.73 Å². The summed E-state index contributed by atoms with van der Waals surface area (Å²) in [5, 5.41) is 2.49. The molecule has 2 amide bonds. The number of amides is 2. The Morgan fingerprint density at radius 2 is 1.94 bits per heavy atom. The van der Waals surface area contributed by atoms with Gasteiger partial charge in [0.05, 0.1) is 7.11 Å². The van der Waals surface area contributed by atoms with E-state index < -0.39 is 12.2 Å². The Bertz CT molecular complexity index is 375. The minimum absolute atomic E-state index is 0.105. The molecule has 0 fully saturated rings. The van der Waals surface area contributed by atoms with Crippen molar-refractivity contribution >= 4 is 17.9 Å². The lowest BCUT2D eigenvalue weighted by atomic mass is 10.2. The third-order valence-corrected chi connectivity index (χ3v) is 1.77. The van der Waals surface area contributed by atoms with Gasteiger partial charge in [0.2, 0.25) is 0 Å². The summed E-state index contributed by atoms with van der Waals surface area (Å²) in [7, 11) is 1.28. The zero-order valence-electron chi connectivity index (χ0n) is 8.73. The van der Waals surface area contributed by atoms with Gasteiger partial charge >= 0.3 is 12.2 Å². The Morgan fingerprint density at radius 1 is 1.31 bits per heavy atom. The molecule has 3 N–H and O–H groups in total. The standard InChI is InChI=1S/C10H12N2O4/c1-15-10(14)12-8-4-2-7(3-5-8)6-16-9(11)13/h2-5H,6H2,1H3,(H2,11,13)(H,12,14). The van der Waals surface area contributed by atoms with Gasteiger partial charge in [-0.3, -0.25) is 5.32 Å². The summed E-state index contributed by atoms with van der Waals surface area (Å²) in [6.07, 6.45) is -1.36. The zero-order chi connectivity index (χ0) is 12.0. The summed E-state index contributed by atoms with van der Waals surface area (Å²) < 4.78 is 9.02. The van der Waals surface area contributed by atoms with Gasteiger partial charge in [-0.25, -0.2) is 9.59 Å². The molecule has 0 aliphatic rings. The number of methoxy groups -OCH3 is 1. The Labute approximate surface area is 92.3 Å². The fraction of sp³-hybridized carbons (Fsp3) is 0.200. The predicted molar refractivity (Wildman–Crippen MR) is 56.8 cm³/mol. The van der Waals surface area contributed by atoms with Crippen molar-refractivity contribution in [1.29, 1.82) is 0 Å². The quantitative estimate of drug-likeness (QED) is 0.813. The molecule has 6 heteroatoms. The molecule has 1 aromatic rings. The van der Waals surface area contributed by atoms with E-state index in [1.54, 1.807) is 24.3 Å². The number of rotatable bonds is 3. The van der Waals surface area contributed by atoms with Gasteiger partial charge in [0.15, 0.2) is 0 Å². The monoisotopic (exact) mass is 224 g/mol. The molecule has 0 saturated heterocycles. The molecule has 0 aliphatic carbocycles. The Balaban J connectivity index is 2.54. The van der Waals surface area contributed by atoms with E-state index in [1.807, 2.05) is 0 Å². The van der Waals surface area contributed by atoms with Crippen LogP contribution in [0, 0.1) is 0 Å². The number of carbonyl (C=O) groups is 2. The molecule has 0 unspecified atom stereocenters. The second-order valence-corrected chi connectivity index (χ2v) is 2.92. The van der Waals surface area contributed by atoms with Crippen molar-refractivity contribution in [3.63, 3.8) is 0 Å². The lowest BCUT2D eigenvalue weighted by molar-refractivity contribution is 0.150. The number of carbonyl (C=O) groups excluding carboxylic acids is 2. The molecular weight excluding hydrogens is 212 g/mol. The predicted octanol–water partition coefficient (Wildman–Crippen LogP) is 1.46. The van der Waals surface area contributed by atoms with Crippen molar-refractivity contribution in [3.05, 3.63) is 29.8 Å². The Kier molecular flexibility index (Phi) is 4.14. The summed E-state index contributed by atoms with van der Waals surface area (Å²) in [6.45, 7) is 0.105. The van der Waals surface area contributed by atoms with Gasteiger partial charge in [-0.15, -0.1) is 0 Å². The molecular formula is C10H12N2O4. The van der Waals surface area contributed by atoms with E-state index in [4.69, 9.17) is 5.73 Å². The van der Waals surface area contributed by atoms with Crippen LogP contribution in [0.25, 0.3) is 0 Å². The number of anilines is 1. The number of ether oxygens (including phenoxy) is 2. The van der Waals surface area contributed by atoms with Gasteiger partial charge in [0, 0.05) is 5.69 Å². The van der Waals surface area contributed by atoms with Gasteiger partial charge in [0.25, 0.3) is 0 Å². The summed E-state index contributed by atoms with van der Waals surface area (Å²) in [5.41, 5.74) is 6.18.